The van der Waals surface area contributed by atoms with Gasteiger partial charge in [-0.05, 0) is 56.0 Å². The number of aromatic nitrogens is 1. The van der Waals surface area contributed by atoms with Crippen LogP contribution in [0.25, 0.3) is 11.1 Å². The number of piperidine rings is 1. The van der Waals surface area contributed by atoms with Crippen LogP contribution < -0.4 is 5.76 Å². The van der Waals surface area contributed by atoms with E-state index >= 15 is 0 Å². The summed E-state index contributed by atoms with van der Waals surface area (Å²) in [6, 6.07) is 13.8. The summed E-state index contributed by atoms with van der Waals surface area (Å²) in [6.45, 7) is 2.76. The summed E-state index contributed by atoms with van der Waals surface area (Å²) in [6.07, 6.45) is 3.85. The minimum absolute atomic E-state index is 0.0258. The molecule has 1 aromatic heterocycles. The molecule has 146 valence electrons. The molecule has 0 bridgehead atoms. The average molecular weight is 399 g/mol. The molecule has 1 saturated heterocycles. The Bertz CT molecular complexity index is 1020. The van der Waals surface area contributed by atoms with Crippen molar-refractivity contribution in [2.75, 3.05) is 19.6 Å². The lowest BCUT2D eigenvalue weighted by Crippen LogP contribution is -2.35. The highest BCUT2D eigenvalue weighted by Crippen LogP contribution is 2.25. The molecule has 0 atom stereocenters. The molecule has 2 heterocycles. The van der Waals surface area contributed by atoms with Gasteiger partial charge in [-0.25, -0.2) is 4.79 Å². The fourth-order valence-electron chi connectivity index (χ4n) is 3.94. The van der Waals surface area contributed by atoms with E-state index in [1.165, 1.54) is 5.56 Å². The molecule has 1 fully saturated rings. The van der Waals surface area contributed by atoms with Gasteiger partial charge in [-0.15, -0.1) is 0 Å². The molecule has 1 N–H and O–H groups in total. The third-order valence-corrected chi connectivity index (χ3v) is 5.85. The lowest BCUT2D eigenvalue weighted by Gasteiger charge is -2.31. The number of nitrogens with one attached hydrogen (secondary N) is 1. The molecule has 6 heteroatoms. The van der Waals surface area contributed by atoms with E-state index in [2.05, 4.69) is 40.2 Å². The number of H-pyrrole nitrogens is 1. The highest BCUT2D eigenvalue weighted by Gasteiger charge is 2.21. The van der Waals surface area contributed by atoms with Crippen molar-refractivity contribution in [1.29, 1.82) is 0 Å². The number of Topliss-reactive ketones (excluding diaryl/α,β-unsaturated/α-hetero) is 1. The van der Waals surface area contributed by atoms with Crippen LogP contribution in [-0.2, 0) is 6.42 Å². The van der Waals surface area contributed by atoms with E-state index in [4.69, 9.17) is 16.0 Å². The second-order valence-corrected chi connectivity index (χ2v) is 7.90. The number of rotatable bonds is 6. The standard InChI is InChI=1S/C22H23ClN2O3/c23-18-14-19-21(28-22(27)24-19)13-17(18)20(26)8-11-25-9-6-16(7-10-25)12-15-4-2-1-3-5-15/h1-5,13-14,16H,6-12H2,(H,24,27). The number of nitrogens with zero attached hydrogens (tertiary/aromatic N) is 1. The van der Waals surface area contributed by atoms with Gasteiger partial charge in [-0.2, -0.15) is 0 Å². The van der Waals surface area contributed by atoms with Crippen LogP contribution in [0.3, 0.4) is 0 Å². The molecule has 2 aromatic carbocycles. The fourth-order valence-corrected chi connectivity index (χ4v) is 4.21. The van der Waals surface area contributed by atoms with Gasteiger partial charge in [0.25, 0.3) is 0 Å². The van der Waals surface area contributed by atoms with Gasteiger partial charge in [-0.3, -0.25) is 9.78 Å². The van der Waals surface area contributed by atoms with E-state index in [0.717, 1.165) is 38.9 Å². The van der Waals surface area contributed by atoms with E-state index in [1.807, 2.05) is 0 Å². The molecule has 4 rings (SSSR count). The number of halogens is 1. The first kappa shape index (κ1) is 19.0. The molecule has 0 saturated carbocycles. The van der Waals surface area contributed by atoms with E-state index in [0.29, 0.717) is 34.0 Å². The molecule has 3 aromatic rings. The highest BCUT2D eigenvalue weighted by atomic mass is 35.5. The number of aromatic amines is 1. The Labute approximate surface area is 168 Å². The first-order valence-corrected chi connectivity index (χ1v) is 10.1. The van der Waals surface area contributed by atoms with Crippen molar-refractivity contribution in [3.05, 3.63) is 69.2 Å². The van der Waals surface area contributed by atoms with E-state index in [9.17, 15) is 9.59 Å². The summed E-state index contributed by atoms with van der Waals surface area (Å²) < 4.78 is 5.04. The van der Waals surface area contributed by atoms with Crippen LogP contribution in [0.4, 0.5) is 0 Å². The van der Waals surface area contributed by atoms with Gasteiger partial charge < -0.3 is 9.32 Å². The molecular formula is C22H23ClN2O3. The largest absolute Gasteiger partial charge is 0.417 e. The van der Waals surface area contributed by atoms with Crippen LogP contribution in [0.2, 0.25) is 5.02 Å². The zero-order valence-corrected chi connectivity index (χ0v) is 16.4. The minimum atomic E-state index is -0.547. The van der Waals surface area contributed by atoms with Crippen LogP contribution >= 0.6 is 11.6 Å². The number of carbonyl (C=O) groups is 1. The third-order valence-electron chi connectivity index (χ3n) is 5.54. The molecule has 0 amide bonds. The van der Waals surface area contributed by atoms with Crippen molar-refractivity contribution in [2.45, 2.75) is 25.7 Å². The summed E-state index contributed by atoms with van der Waals surface area (Å²) in [5.41, 5.74) is 2.68. The Kier molecular flexibility index (Phi) is 5.64. The zero-order valence-electron chi connectivity index (χ0n) is 15.6. The molecule has 0 aliphatic carbocycles. The maximum atomic E-state index is 12.6. The molecule has 28 heavy (non-hydrogen) atoms. The Hall–Kier alpha value is -2.37. The summed E-state index contributed by atoms with van der Waals surface area (Å²) in [5, 5.41) is 0.344. The van der Waals surface area contributed by atoms with Crippen molar-refractivity contribution in [1.82, 2.24) is 9.88 Å². The molecule has 0 spiro atoms. The summed E-state index contributed by atoms with van der Waals surface area (Å²) in [7, 11) is 0. The van der Waals surface area contributed by atoms with Crippen LogP contribution in [0.15, 0.2) is 51.7 Å². The Morgan fingerprint density at radius 1 is 1.18 bits per heavy atom. The smallest absolute Gasteiger partial charge is 0.408 e. The molecule has 1 aliphatic heterocycles. The van der Waals surface area contributed by atoms with Crippen molar-refractivity contribution in [3.8, 4) is 0 Å². The predicted molar refractivity (Wildman–Crippen MR) is 110 cm³/mol. The normalized spacial score (nSPS) is 15.9. The molecule has 1 aliphatic rings. The van der Waals surface area contributed by atoms with Gasteiger partial charge in [0.2, 0.25) is 0 Å². The Balaban J connectivity index is 1.30. The monoisotopic (exact) mass is 398 g/mol. The first-order valence-electron chi connectivity index (χ1n) is 9.70. The quantitative estimate of drug-likeness (QED) is 0.628. The van der Waals surface area contributed by atoms with Gasteiger partial charge in [0.1, 0.15) is 0 Å². The van der Waals surface area contributed by atoms with Crippen molar-refractivity contribution < 1.29 is 9.21 Å². The maximum Gasteiger partial charge on any atom is 0.417 e. The van der Waals surface area contributed by atoms with Crippen molar-refractivity contribution >= 4 is 28.5 Å². The molecular weight excluding hydrogens is 376 g/mol. The van der Waals surface area contributed by atoms with E-state index in [-0.39, 0.29) is 5.78 Å². The third kappa shape index (κ3) is 4.37. The van der Waals surface area contributed by atoms with Crippen LogP contribution in [-0.4, -0.2) is 35.3 Å². The maximum absolute atomic E-state index is 12.6. The Morgan fingerprint density at radius 3 is 2.68 bits per heavy atom. The van der Waals surface area contributed by atoms with Gasteiger partial charge in [0.15, 0.2) is 11.4 Å². The second-order valence-electron chi connectivity index (χ2n) is 7.49. The summed E-state index contributed by atoms with van der Waals surface area (Å²) in [5.74, 6) is 0.138. The number of likely N-dealkylation sites (tertiary alicyclic amines) is 1. The predicted octanol–water partition coefficient (Wildman–Crippen LogP) is 4.30. The summed E-state index contributed by atoms with van der Waals surface area (Å²) >= 11 is 6.23. The first-order chi connectivity index (χ1) is 13.6. The van der Waals surface area contributed by atoms with Crippen LogP contribution in [0.5, 0.6) is 0 Å². The number of hydrogen-bond acceptors (Lipinski definition) is 4. The zero-order chi connectivity index (χ0) is 19.5. The molecule has 5 nitrogen and oxygen atoms in total. The second kappa shape index (κ2) is 8.33. The van der Waals surface area contributed by atoms with Crippen molar-refractivity contribution in [3.63, 3.8) is 0 Å². The molecule has 0 radical (unpaired) electrons. The number of carbonyl (C=O) groups excluding carboxylic acids is 1. The van der Waals surface area contributed by atoms with Gasteiger partial charge in [-0.1, -0.05) is 41.9 Å². The number of hydrogen-bond donors (Lipinski definition) is 1. The lowest BCUT2D eigenvalue weighted by atomic mass is 9.90. The molecule has 0 unspecified atom stereocenters. The highest BCUT2D eigenvalue weighted by molar-refractivity contribution is 6.34. The minimum Gasteiger partial charge on any atom is -0.408 e. The summed E-state index contributed by atoms with van der Waals surface area (Å²) in [4.78, 5) is 28.8. The van der Waals surface area contributed by atoms with Crippen LogP contribution in [0, 0.1) is 5.92 Å². The van der Waals surface area contributed by atoms with Gasteiger partial charge in [0, 0.05) is 18.5 Å². The van der Waals surface area contributed by atoms with Gasteiger partial charge >= 0.3 is 5.76 Å². The van der Waals surface area contributed by atoms with Crippen LogP contribution in [0.1, 0.15) is 35.2 Å². The van der Waals surface area contributed by atoms with E-state index in [1.54, 1.807) is 12.1 Å². The fraction of sp³-hybridized carbons (Fsp3) is 0.364. The Morgan fingerprint density at radius 2 is 1.93 bits per heavy atom. The van der Waals surface area contributed by atoms with Crippen molar-refractivity contribution in [2.24, 2.45) is 5.92 Å². The average Bonchev–Trinajstić information content (AvgIpc) is 3.06. The number of ketones is 1. The number of oxazole rings is 1. The number of fused-ring (bicyclic) bond motifs is 1. The van der Waals surface area contributed by atoms with Gasteiger partial charge in [0.05, 0.1) is 10.5 Å². The number of benzene rings is 2. The topological polar surface area (TPSA) is 66.3 Å². The van der Waals surface area contributed by atoms with E-state index < -0.39 is 5.76 Å². The lowest BCUT2D eigenvalue weighted by molar-refractivity contribution is 0.0951. The SMILES string of the molecule is O=C(CCN1CCC(Cc2ccccc2)CC1)c1cc2oc(=O)[nH]c2cc1Cl.